The molecule has 5 heteroatoms. The van der Waals surface area contributed by atoms with Crippen LogP contribution in [0.25, 0.3) is 0 Å². The fourth-order valence-corrected chi connectivity index (χ4v) is 2.50. The molecule has 0 saturated carbocycles. The highest BCUT2D eigenvalue weighted by Gasteiger charge is 2.09. The van der Waals surface area contributed by atoms with Crippen molar-refractivity contribution in [3.05, 3.63) is 46.4 Å². The van der Waals surface area contributed by atoms with Gasteiger partial charge in [0.1, 0.15) is 5.01 Å². The van der Waals surface area contributed by atoms with Crippen molar-refractivity contribution in [2.24, 2.45) is 0 Å². The Bertz CT molecular complexity index is 554. The minimum absolute atomic E-state index is 0.0302. The van der Waals surface area contributed by atoms with E-state index >= 15 is 0 Å². The molecule has 1 aromatic heterocycles. The summed E-state index contributed by atoms with van der Waals surface area (Å²) in [4.78, 5) is 16.2. The molecule has 20 heavy (non-hydrogen) atoms. The third-order valence-electron chi connectivity index (χ3n) is 2.87. The van der Waals surface area contributed by atoms with Crippen molar-refractivity contribution in [1.82, 2.24) is 10.3 Å². The molecule has 0 aliphatic rings. The number of carbonyl (C=O) groups excluding carboxylic acids is 1. The van der Waals surface area contributed by atoms with Gasteiger partial charge in [-0.05, 0) is 31.5 Å². The second-order valence-corrected chi connectivity index (χ2v) is 5.50. The molecule has 0 bridgehead atoms. The van der Waals surface area contributed by atoms with E-state index in [1.807, 2.05) is 36.6 Å². The van der Waals surface area contributed by atoms with Crippen LogP contribution in [0.5, 0.6) is 0 Å². The molecule has 4 nitrogen and oxygen atoms in total. The number of benzene rings is 1. The Morgan fingerprint density at radius 2 is 2.30 bits per heavy atom. The molecule has 0 saturated heterocycles. The zero-order valence-electron chi connectivity index (χ0n) is 11.7. The van der Waals surface area contributed by atoms with Crippen LogP contribution in [0.1, 0.15) is 41.7 Å². The lowest BCUT2D eigenvalue weighted by atomic mass is 10.1. The molecule has 0 aliphatic carbocycles. The highest BCUT2D eigenvalue weighted by molar-refractivity contribution is 7.09. The molecule has 0 radical (unpaired) electrons. The number of nitrogens with zero attached hydrogens (tertiary/aromatic N) is 1. The molecule has 0 spiro atoms. The molecule has 1 amide bonds. The topological polar surface area (TPSA) is 54.0 Å². The largest absolute Gasteiger partial charge is 0.376 e. The van der Waals surface area contributed by atoms with Crippen molar-refractivity contribution in [3.8, 4) is 0 Å². The lowest BCUT2D eigenvalue weighted by molar-refractivity contribution is 0.0953. The summed E-state index contributed by atoms with van der Waals surface area (Å²) in [6.07, 6.45) is 2.73. The van der Waals surface area contributed by atoms with Gasteiger partial charge in [0.15, 0.2) is 0 Å². The van der Waals surface area contributed by atoms with Crippen molar-refractivity contribution < 1.29 is 4.79 Å². The maximum absolute atomic E-state index is 11.9. The van der Waals surface area contributed by atoms with Crippen LogP contribution in [0.2, 0.25) is 0 Å². The van der Waals surface area contributed by atoms with Gasteiger partial charge in [0, 0.05) is 29.4 Å². The average molecular weight is 289 g/mol. The summed E-state index contributed by atoms with van der Waals surface area (Å²) in [5.41, 5.74) is 1.60. The van der Waals surface area contributed by atoms with Gasteiger partial charge in [-0.25, -0.2) is 4.98 Å². The summed E-state index contributed by atoms with van der Waals surface area (Å²) >= 11 is 1.62. The van der Waals surface area contributed by atoms with Gasteiger partial charge in [-0.1, -0.05) is 13.0 Å². The smallest absolute Gasteiger partial charge is 0.251 e. The van der Waals surface area contributed by atoms with Crippen LogP contribution in [0.4, 0.5) is 5.69 Å². The summed E-state index contributed by atoms with van der Waals surface area (Å²) in [5, 5.41) is 9.24. The number of thiazole rings is 1. The number of rotatable bonds is 6. The first kappa shape index (κ1) is 14.5. The Hall–Kier alpha value is -1.88. The maximum atomic E-state index is 11.9. The summed E-state index contributed by atoms with van der Waals surface area (Å²) in [6.45, 7) is 4.79. The number of amides is 1. The Morgan fingerprint density at radius 1 is 1.45 bits per heavy atom. The van der Waals surface area contributed by atoms with E-state index in [4.69, 9.17) is 0 Å². The van der Waals surface area contributed by atoms with Gasteiger partial charge in [-0.15, -0.1) is 11.3 Å². The Labute approximate surface area is 123 Å². The van der Waals surface area contributed by atoms with Gasteiger partial charge < -0.3 is 10.6 Å². The molecule has 0 aliphatic heterocycles. The van der Waals surface area contributed by atoms with E-state index in [-0.39, 0.29) is 11.9 Å². The van der Waals surface area contributed by atoms with Crippen molar-refractivity contribution in [1.29, 1.82) is 0 Å². The van der Waals surface area contributed by atoms with E-state index in [0.717, 1.165) is 17.1 Å². The quantitative estimate of drug-likeness (QED) is 0.856. The first-order valence-corrected chi connectivity index (χ1v) is 7.63. The molecule has 1 unspecified atom stereocenters. The molecule has 0 fully saturated rings. The number of aromatic nitrogens is 1. The van der Waals surface area contributed by atoms with E-state index in [1.54, 1.807) is 17.5 Å². The molecule has 1 aromatic carbocycles. The highest BCUT2D eigenvalue weighted by atomic mass is 32.1. The molecule has 1 atom stereocenters. The Morgan fingerprint density at radius 3 is 3.00 bits per heavy atom. The molecule has 1 heterocycles. The van der Waals surface area contributed by atoms with Crippen molar-refractivity contribution >= 4 is 22.9 Å². The SMILES string of the molecule is CCCNC(=O)c1cccc(NC(C)c2nccs2)c1. The summed E-state index contributed by atoms with van der Waals surface area (Å²) in [6, 6.07) is 7.67. The van der Waals surface area contributed by atoms with Crippen LogP contribution >= 0.6 is 11.3 Å². The minimum atomic E-state index is -0.0302. The molecule has 106 valence electrons. The van der Waals surface area contributed by atoms with E-state index in [9.17, 15) is 4.79 Å². The van der Waals surface area contributed by atoms with E-state index < -0.39 is 0 Å². The maximum Gasteiger partial charge on any atom is 0.251 e. The second kappa shape index (κ2) is 7.05. The normalized spacial score (nSPS) is 11.9. The van der Waals surface area contributed by atoms with Crippen LogP contribution in [-0.4, -0.2) is 17.4 Å². The average Bonchev–Trinajstić information content (AvgIpc) is 2.99. The van der Waals surface area contributed by atoms with Crippen molar-refractivity contribution in [3.63, 3.8) is 0 Å². The van der Waals surface area contributed by atoms with Gasteiger partial charge in [-0.3, -0.25) is 4.79 Å². The van der Waals surface area contributed by atoms with Crippen LogP contribution in [0.3, 0.4) is 0 Å². The zero-order chi connectivity index (χ0) is 14.4. The third kappa shape index (κ3) is 3.81. The van der Waals surface area contributed by atoms with Crippen molar-refractivity contribution in [2.45, 2.75) is 26.3 Å². The van der Waals surface area contributed by atoms with Gasteiger partial charge in [0.2, 0.25) is 0 Å². The van der Waals surface area contributed by atoms with Gasteiger partial charge in [0.25, 0.3) is 5.91 Å². The lowest BCUT2D eigenvalue weighted by Gasteiger charge is -2.13. The van der Waals surface area contributed by atoms with Crippen molar-refractivity contribution in [2.75, 3.05) is 11.9 Å². The lowest BCUT2D eigenvalue weighted by Crippen LogP contribution is -2.24. The van der Waals surface area contributed by atoms with E-state index in [0.29, 0.717) is 12.1 Å². The molecule has 2 rings (SSSR count). The zero-order valence-corrected chi connectivity index (χ0v) is 12.5. The number of anilines is 1. The predicted molar refractivity (Wildman–Crippen MR) is 83.2 cm³/mol. The van der Waals surface area contributed by atoms with Gasteiger partial charge >= 0.3 is 0 Å². The Kier molecular flexibility index (Phi) is 5.12. The molecular formula is C15H19N3OS. The Balaban J connectivity index is 2.04. The van der Waals surface area contributed by atoms with Gasteiger partial charge in [-0.2, -0.15) is 0 Å². The first-order valence-electron chi connectivity index (χ1n) is 6.75. The number of hydrogen-bond donors (Lipinski definition) is 2. The number of carbonyl (C=O) groups is 1. The highest BCUT2D eigenvalue weighted by Crippen LogP contribution is 2.21. The summed E-state index contributed by atoms with van der Waals surface area (Å²) < 4.78 is 0. The van der Waals surface area contributed by atoms with Crippen LogP contribution in [0.15, 0.2) is 35.8 Å². The van der Waals surface area contributed by atoms with Crippen LogP contribution < -0.4 is 10.6 Å². The monoisotopic (exact) mass is 289 g/mol. The van der Waals surface area contributed by atoms with Crippen LogP contribution in [0, 0.1) is 0 Å². The molecular weight excluding hydrogens is 270 g/mol. The van der Waals surface area contributed by atoms with E-state index in [1.165, 1.54) is 0 Å². The standard InChI is InChI=1S/C15H19N3OS/c1-3-7-16-14(19)12-5-4-6-13(10-12)18-11(2)15-17-8-9-20-15/h4-6,8-11,18H,3,7H2,1-2H3,(H,16,19). The van der Waals surface area contributed by atoms with Crippen LogP contribution in [-0.2, 0) is 0 Å². The second-order valence-electron chi connectivity index (χ2n) is 4.57. The molecule has 2 N–H and O–H groups in total. The molecule has 2 aromatic rings. The van der Waals surface area contributed by atoms with Gasteiger partial charge in [0.05, 0.1) is 6.04 Å². The fraction of sp³-hybridized carbons (Fsp3) is 0.333. The first-order chi connectivity index (χ1) is 9.70. The minimum Gasteiger partial charge on any atom is -0.376 e. The number of nitrogens with one attached hydrogen (secondary N) is 2. The summed E-state index contributed by atoms with van der Waals surface area (Å²) in [7, 11) is 0. The third-order valence-corrected chi connectivity index (χ3v) is 3.82. The summed E-state index contributed by atoms with van der Waals surface area (Å²) in [5.74, 6) is -0.0302. The predicted octanol–water partition coefficient (Wildman–Crippen LogP) is 3.46. The fourth-order valence-electron chi connectivity index (χ4n) is 1.85. The van der Waals surface area contributed by atoms with E-state index in [2.05, 4.69) is 22.5 Å². The number of hydrogen-bond acceptors (Lipinski definition) is 4.